The number of carboxylic acid groups (broad SMARTS) is 1. The number of anilines is 1. The number of pyridine rings is 1. The van der Waals surface area contributed by atoms with Crippen LogP contribution in [0.5, 0.6) is 5.75 Å². The van der Waals surface area contributed by atoms with Gasteiger partial charge in [0.25, 0.3) is 5.91 Å². The Bertz CT molecular complexity index is 2310. The Morgan fingerprint density at radius 2 is 1.78 bits per heavy atom. The first-order valence-electron chi connectivity index (χ1n) is 16.1. The van der Waals surface area contributed by atoms with Crippen molar-refractivity contribution in [1.29, 1.82) is 0 Å². The van der Waals surface area contributed by atoms with E-state index in [1.807, 2.05) is 69.8 Å². The van der Waals surface area contributed by atoms with Crippen LogP contribution < -0.4 is 9.64 Å². The highest BCUT2D eigenvalue weighted by Gasteiger charge is 2.37. The number of aromatic nitrogens is 5. The number of nitrogens with zero attached hydrogens (tertiary/aromatic N) is 6. The minimum absolute atomic E-state index is 0.0607. The van der Waals surface area contributed by atoms with Gasteiger partial charge >= 0.3 is 5.97 Å². The lowest BCUT2D eigenvalue weighted by atomic mass is 9.98. The molecular formula is C37H36Cl2N6O4. The van der Waals surface area contributed by atoms with E-state index in [2.05, 4.69) is 21.6 Å². The SMILES string of the molecule is Cc1cc(OCCCc2c3n(c4c(-c5c(C)nn(C)c5C)c(Cl)ccc24)C(C)CN(c2ccc4nc(C(=O)O)cn4c2)C3=O)cc(C)c1Cl. The Labute approximate surface area is 293 Å². The van der Waals surface area contributed by atoms with Crippen LogP contribution in [0.3, 0.4) is 0 Å². The average Bonchev–Trinajstić information content (AvgIpc) is 3.71. The lowest BCUT2D eigenvalue weighted by Gasteiger charge is -2.34. The Kier molecular flexibility index (Phi) is 8.19. The van der Waals surface area contributed by atoms with Gasteiger partial charge in [-0.1, -0.05) is 29.3 Å². The molecule has 1 unspecified atom stereocenters. The van der Waals surface area contributed by atoms with Crippen molar-refractivity contribution in [3.63, 3.8) is 0 Å². The van der Waals surface area contributed by atoms with Gasteiger partial charge in [-0.2, -0.15) is 5.10 Å². The zero-order valence-electron chi connectivity index (χ0n) is 28.1. The van der Waals surface area contributed by atoms with Crippen molar-refractivity contribution in [2.45, 2.75) is 53.5 Å². The largest absolute Gasteiger partial charge is 0.494 e. The summed E-state index contributed by atoms with van der Waals surface area (Å²) >= 11 is 13.4. The number of rotatable bonds is 8. The second kappa shape index (κ2) is 12.3. The predicted octanol–water partition coefficient (Wildman–Crippen LogP) is 8.16. The number of benzene rings is 2. The van der Waals surface area contributed by atoms with Gasteiger partial charge in [-0.15, -0.1) is 0 Å². The van der Waals surface area contributed by atoms with Crippen LogP contribution in [0.2, 0.25) is 10.0 Å². The van der Waals surface area contributed by atoms with Gasteiger partial charge in [0.1, 0.15) is 17.1 Å². The van der Waals surface area contributed by atoms with Gasteiger partial charge in [-0.25, -0.2) is 9.78 Å². The van der Waals surface area contributed by atoms with Crippen LogP contribution in [0.1, 0.15) is 68.4 Å². The van der Waals surface area contributed by atoms with Crippen LogP contribution in [0.25, 0.3) is 27.7 Å². The summed E-state index contributed by atoms with van der Waals surface area (Å²) in [6.07, 6.45) is 4.46. The van der Waals surface area contributed by atoms with Crippen LogP contribution in [0, 0.1) is 27.7 Å². The Morgan fingerprint density at radius 1 is 1.04 bits per heavy atom. The highest BCUT2D eigenvalue weighted by atomic mass is 35.5. The predicted molar refractivity (Wildman–Crippen MR) is 192 cm³/mol. The van der Waals surface area contributed by atoms with Crippen LogP contribution >= 0.6 is 23.2 Å². The number of aryl methyl sites for hydroxylation is 5. The maximum atomic E-state index is 14.7. The van der Waals surface area contributed by atoms with Gasteiger partial charge in [0.15, 0.2) is 5.69 Å². The molecule has 0 fully saturated rings. The number of ether oxygens (including phenoxy) is 1. The van der Waals surface area contributed by atoms with Crippen molar-refractivity contribution in [2.24, 2.45) is 7.05 Å². The molecule has 49 heavy (non-hydrogen) atoms. The van der Waals surface area contributed by atoms with Crippen molar-refractivity contribution in [2.75, 3.05) is 18.1 Å². The minimum Gasteiger partial charge on any atom is -0.494 e. The molecule has 0 spiro atoms. The number of halogens is 2. The third-order valence-corrected chi connectivity index (χ3v) is 10.4. The lowest BCUT2D eigenvalue weighted by Crippen LogP contribution is -2.42. The normalized spacial score (nSPS) is 14.7. The Morgan fingerprint density at radius 3 is 2.45 bits per heavy atom. The molecule has 0 aliphatic carbocycles. The first-order valence-corrected chi connectivity index (χ1v) is 16.9. The molecule has 5 heterocycles. The number of amides is 1. The lowest BCUT2D eigenvalue weighted by molar-refractivity contribution is 0.0691. The molecule has 2 aromatic carbocycles. The Hall–Kier alpha value is -4.80. The van der Waals surface area contributed by atoms with Crippen molar-refractivity contribution >= 4 is 57.3 Å². The number of imidazole rings is 1. The van der Waals surface area contributed by atoms with Crippen molar-refractivity contribution in [3.8, 4) is 16.9 Å². The highest BCUT2D eigenvalue weighted by molar-refractivity contribution is 6.35. The van der Waals surface area contributed by atoms with Gasteiger partial charge in [-0.05, 0) is 94.5 Å². The average molecular weight is 700 g/mol. The number of hydrogen-bond donors (Lipinski definition) is 1. The number of fused-ring (bicyclic) bond motifs is 4. The van der Waals surface area contributed by atoms with E-state index in [1.165, 1.54) is 6.20 Å². The maximum Gasteiger partial charge on any atom is 0.356 e. The second-order valence-corrected chi connectivity index (χ2v) is 13.6. The first-order chi connectivity index (χ1) is 23.3. The molecule has 1 atom stereocenters. The van der Waals surface area contributed by atoms with E-state index in [1.54, 1.807) is 21.6 Å². The molecule has 0 bridgehead atoms. The highest BCUT2D eigenvalue weighted by Crippen LogP contribution is 2.45. The molecule has 4 aromatic heterocycles. The summed E-state index contributed by atoms with van der Waals surface area (Å²) in [6, 6.07) is 11.2. The molecule has 0 saturated heterocycles. The topological polar surface area (TPSA) is 107 Å². The number of carbonyl (C=O) groups is 2. The summed E-state index contributed by atoms with van der Waals surface area (Å²) in [5.74, 6) is -0.494. The van der Waals surface area contributed by atoms with Gasteiger partial charge in [-0.3, -0.25) is 9.48 Å². The van der Waals surface area contributed by atoms with E-state index in [9.17, 15) is 14.7 Å². The fourth-order valence-electron chi connectivity index (χ4n) is 7.19. The number of hydrogen-bond acceptors (Lipinski definition) is 5. The molecule has 0 radical (unpaired) electrons. The summed E-state index contributed by atoms with van der Waals surface area (Å²) in [5, 5.41) is 16.5. The molecule has 1 amide bonds. The second-order valence-electron chi connectivity index (χ2n) is 12.9. The molecule has 0 saturated carbocycles. The molecular weight excluding hydrogens is 663 g/mol. The zero-order chi connectivity index (χ0) is 34.9. The quantitative estimate of drug-likeness (QED) is 0.161. The number of carbonyl (C=O) groups excluding carboxylic acids is 1. The Balaban J connectivity index is 1.34. The van der Waals surface area contributed by atoms with E-state index in [-0.39, 0.29) is 17.6 Å². The summed E-state index contributed by atoms with van der Waals surface area (Å²) < 4.78 is 11.8. The van der Waals surface area contributed by atoms with Crippen LogP contribution in [-0.4, -0.2) is 53.9 Å². The van der Waals surface area contributed by atoms with Gasteiger partial charge in [0.2, 0.25) is 0 Å². The number of aromatic carboxylic acids is 1. The fraction of sp³-hybridized carbons (Fsp3) is 0.297. The smallest absolute Gasteiger partial charge is 0.356 e. The molecule has 252 valence electrons. The fourth-order valence-corrected chi connectivity index (χ4v) is 7.55. The first kappa shape index (κ1) is 32.7. The molecule has 12 heteroatoms. The van der Waals surface area contributed by atoms with E-state index >= 15 is 0 Å². The molecule has 6 aromatic rings. The monoisotopic (exact) mass is 698 g/mol. The van der Waals surface area contributed by atoms with Crippen molar-refractivity contribution in [1.82, 2.24) is 23.7 Å². The van der Waals surface area contributed by atoms with Crippen LogP contribution in [0.15, 0.2) is 48.8 Å². The molecule has 1 N–H and O–H groups in total. The number of carboxylic acids is 1. The summed E-state index contributed by atoms with van der Waals surface area (Å²) in [5.41, 5.74) is 9.12. The maximum absolute atomic E-state index is 14.7. The van der Waals surface area contributed by atoms with E-state index in [4.69, 9.17) is 27.9 Å². The molecule has 10 nitrogen and oxygen atoms in total. The van der Waals surface area contributed by atoms with Crippen molar-refractivity contribution in [3.05, 3.63) is 98.3 Å². The standard InChI is InChI=1S/C37H36Cl2N6O4/c1-19-14-25(15-20(2)33(19)39)49-13-7-8-26-27-10-11-28(38)32(31-22(4)41-42(6)23(31)5)34(27)45-21(3)16-44(36(46)35(26)45)24-9-12-30-40-29(37(47)48)18-43(30)17-24/h9-12,14-15,17-18,21H,7-8,13,16H2,1-6H3,(H,47,48). The zero-order valence-corrected chi connectivity index (χ0v) is 29.6. The molecule has 1 aliphatic heterocycles. The summed E-state index contributed by atoms with van der Waals surface area (Å²) in [6.45, 7) is 10.9. The van der Waals surface area contributed by atoms with Crippen LogP contribution in [0.4, 0.5) is 5.69 Å². The third kappa shape index (κ3) is 5.43. The minimum atomic E-state index is -1.11. The van der Waals surface area contributed by atoms with E-state index in [0.717, 1.165) is 60.9 Å². The van der Waals surface area contributed by atoms with Crippen LogP contribution in [-0.2, 0) is 13.5 Å². The van der Waals surface area contributed by atoms with Gasteiger partial charge < -0.3 is 23.7 Å². The summed E-state index contributed by atoms with van der Waals surface area (Å²) in [4.78, 5) is 32.2. The van der Waals surface area contributed by atoms with E-state index in [0.29, 0.717) is 48.0 Å². The van der Waals surface area contributed by atoms with Crippen molar-refractivity contribution < 1.29 is 19.4 Å². The van der Waals surface area contributed by atoms with Gasteiger partial charge in [0, 0.05) is 59.3 Å². The van der Waals surface area contributed by atoms with Gasteiger partial charge in [0.05, 0.1) is 28.5 Å². The molecule has 1 aliphatic rings. The van der Waals surface area contributed by atoms with E-state index < -0.39 is 5.97 Å². The molecule has 7 rings (SSSR count). The third-order valence-electron chi connectivity index (χ3n) is 9.53. The summed E-state index contributed by atoms with van der Waals surface area (Å²) in [7, 11) is 1.92.